The highest BCUT2D eigenvalue weighted by Crippen LogP contribution is 2.15. The lowest BCUT2D eigenvalue weighted by atomic mass is 10.1. The van der Waals surface area contributed by atoms with Crippen LogP contribution < -0.4 is 5.73 Å². The number of nitrogen functional groups attached to an aromatic ring is 1. The normalized spacial score (nSPS) is 14.4. The van der Waals surface area contributed by atoms with Crippen LogP contribution in [-0.2, 0) is 9.84 Å². The second kappa shape index (κ2) is 5.83. The molecule has 18 heavy (non-hydrogen) atoms. The minimum atomic E-state index is -3.56. The number of anilines is 1. The summed E-state index contributed by atoms with van der Waals surface area (Å²) in [6.45, 7) is 0.816. The highest BCUT2D eigenvalue weighted by Gasteiger charge is 2.30. The molecular formula is C11H16N2O4S. The molecule has 1 aromatic rings. The molecular weight excluding hydrogens is 256 g/mol. The molecule has 0 radical (unpaired) electrons. The van der Waals surface area contributed by atoms with Crippen molar-refractivity contribution in [1.29, 1.82) is 0 Å². The summed E-state index contributed by atoms with van der Waals surface area (Å²) in [7, 11) is -3.56. The van der Waals surface area contributed by atoms with E-state index in [-0.39, 0.29) is 11.5 Å². The van der Waals surface area contributed by atoms with E-state index in [1.54, 1.807) is 18.2 Å². The van der Waals surface area contributed by atoms with Crippen LogP contribution in [0.5, 0.6) is 0 Å². The van der Waals surface area contributed by atoms with Crippen molar-refractivity contribution >= 4 is 21.2 Å². The van der Waals surface area contributed by atoms with Gasteiger partial charge in [-0.1, -0.05) is 24.2 Å². The number of nitrogens with two attached hydrogens (primary N) is 1. The fourth-order valence-electron chi connectivity index (χ4n) is 1.58. The van der Waals surface area contributed by atoms with Crippen LogP contribution in [0, 0.1) is 0 Å². The van der Waals surface area contributed by atoms with E-state index in [0.29, 0.717) is 11.3 Å². The second-order valence-electron chi connectivity index (χ2n) is 3.73. The molecule has 7 heteroatoms. The predicted octanol–water partition coefficient (Wildman–Crippen LogP) is 0.243. The Morgan fingerprint density at radius 3 is 2.61 bits per heavy atom. The molecule has 100 valence electrons. The third-order valence-corrected chi connectivity index (χ3v) is 4.64. The fourth-order valence-corrected chi connectivity index (χ4v) is 2.73. The average molecular weight is 272 g/mol. The lowest BCUT2D eigenvalue weighted by Gasteiger charge is -2.15. The first-order valence-corrected chi connectivity index (χ1v) is 7.08. The van der Waals surface area contributed by atoms with Gasteiger partial charge in [-0.25, -0.2) is 8.42 Å². The van der Waals surface area contributed by atoms with Gasteiger partial charge < -0.3 is 16.0 Å². The fraction of sp³-hybridized carbons (Fsp3) is 0.364. The van der Waals surface area contributed by atoms with Gasteiger partial charge in [0.05, 0.1) is 6.61 Å². The van der Waals surface area contributed by atoms with Crippen LogP contribution in [0.15, 0.2) is 29.4 Å². The van der Waals surface area contributed by atoms with Gasteiger partial charge in [0.2, 0.25) is 0 Å². The van der Waals surface area contributed by atoms with Crippen LogP contribution in [0.25, 0.3) is 0 Å². The molecule has 0 aliphatic heterocycles. The molecule has 1 aromatic carbocycles. The Kier molecular flexibility index (Phi) is 4.69. The van der Waals surface area contributed by atoms with Gasteiger partial charge in [0.1, 0.15) is 11.0 Å². The van der Waals surface area contributed by atoms with Gasteiger partial charge in [0.15, 0.2) is 9.84 Å². The van der Waals surface area contributed by atoms with Crippen molar-refractivity contribution in [2.45, 2.75) is 12.2 Å². The standard InChI is InChI=1S/C11H16N2O4S/c1-2-18(16,17)10(7-14)11(13-15)8-4-3-5-9(12)6-8/h3-6,10,14-15H,2,7,12H2,1H3/b13-11+. The summed E-state index contributed by atoms with van der Waals surface area (Å²) in [6, 6.07) is 6.30. The number of hydrogen-bond acceptors (Lipinski definition) is 6. The number of rotatable bonds is 5. The summed E-state index contributed by atoms with van der Waals surface area (Å²) >= 11 is 0. The largest absolute Gasteiger partial charge is 0.411 e. The van der Waals surface area contributed by atoms with Crippen molar-refractivity contribution < 1.29 is 18.7 Å². The van der Waals surface area contributed by atoms with E-state index in [4.69, 9.17) is 10.9 Å². The van der Waals surface area contributed by atoms with Crippen molar-refractivity contribution in [3.63, 3.8) is 0 Å². The molecule has 0 aromatic heterocycles. The molecule has 0 aliphatic carbocycles. The topological polar surface area (TPSA) is 113 Å². The zero-order valence-electron chi connectivity index (χ0n) is 9.94. The second-order valence-corrected chi connectivity index (χ2v) is 6.21. The zero-order chi connectivity index (χ0) is 13.8. The average Bonchev–Trinajstić information content (AvgIpc) is 2.35. The summed E-state index contributed by atoms with van der Waals surface area (Å²) in [5.74, 6) is -0.153. The van der Waals surface area contributed by atoms with E-state index in [9.17, 15) is 13.5 Å². The molecule has 1 unspecified atom stereocenters. The molecule has 1 rings (SSSR count). The number of sulfone groups is 1. The highest BCUT2D eigenvalue weighted by atomic mass is 32.2. The number of benzene rings is 1. The van der Waals surface area contributed by atoms with Gasteiger partial charge in [-0.2, -0.15) is 0 Å². The first-order valence-electron chi connectivity index (χ1n) is 5.36. The van der Waals surface area contributed by atoms with Crippen molar-refractivity contribution in [2.75, 3.05) is 18.1 Å². The van der Waals surface area contributed by atoms with Crippen molar-refractivity contribution in [3.8, 4) is 0 Å². The number of hydrogen-bond donors (Lipinski definition) is 3. The Labute approximate surface area is 106 Å². The van der Waals surface area contributed by atoms with Crippen LogP contribution in [0.3, 0.4) is 0 Å². The van der Waals surface area contributed by atoms with E-state index in [1.807, 2.05) is 0 Å². The molecule has 1 atom stereocenters. The molecule has 0 amide bonds. The van der Waals surface area contributed by atoms with Crippen molar-refractivity contribution in [2.24, 2.45) is 5.16 Å². The molecule has 0 aliphatic rings. The van der Waals surface area contributed by atoms with E-state index in [2.05, 4.69) is 5.16 Å². The van der Waals surface area contributed by atoms with Crippen LogP contribution in [-0.4, -0.2) is 42.1 Å². The predicted molar refractivity (Wildman–Crippen MR) is 69.5 cm³/mol. The van der Waals surface area contributed by atoms with Gasteiger partial charge in [-0.05, 0) is 12.1 Å². The lowest BCUT2D eigenvalue weighted by Crippen LogP contribution is -2.35. The van der Waals surface area contributed by atoms with Gasteiger partial charge in [-0.3, -0.25) is 0 Å². The maximum Gasteiger partial charge on any atom is 0.161 e. The van der Waals surface area contributed by atoms with E-state index < -0.39 is 21.7 Å². The summed E-state index contributed by atoms with van der Waals surface area (Å²) in [5.41, 5.74) is 6.27. The Morgan fingerprint density at radius 2 is 2.17 bits per heavy atom. The Hall–Kier alpha value is -1.60. The third-order valence-electron chi connectivity index (χ3n) is 2.60. The number of nitrogens with zero attached hydrogens (tertiary/aromatic N) is 1. The van der Waals surface area contributed by atoms with Crippen LogP contribution in [0.2, 0.25) is 0 Å². The Balaban J connectivity index is 3.26. The smallest absolute Gasteiger partial charge is 0.161 e. The Bertz CT molecular complexity index is 540. The summed E-state index contributed by atoms with van der Waals surface area (Å²) < 4.78 is 23.6. The quantitative estimate of drug-likeness (QED) is 0.307. The minimum absolute atomic E-state index is 0.105. The van der Waals surface area contributed by atoms with E-state index in [1.165, 1.54) is 13.0 Å². The molecule has 0 fully saturated rings. The van der Waals surface area contributed by atoms with Crippen LogP contribution in [0.1, 0.15) is 12.5 Å². The van der Waals surface area contributed by atoms with Gasteiger partial charge in [-0.15, -0.1) is 0 Å². The Morgan fingerprint density at radius 1 is 1.50 bits per heavy atom. The first-order chi connectivity index (χ1) is 8.46. The molecule has 0 saturated heterocycles. The van der Waals surface area contributed by atoms with Gasteiger partial charge >= 0.3 is 0 Å². The van der Waals surface area contributed by atoms with E-state index >= 15 is 0 Å². The highest BCUT2D eigenvalue weighted by molar-refractivity contribution is 7.92. The number of oxime groups is 1. The maximum absolute atomic E-state index is 11.8. The van der Waals surface area contributed by atoms with Gasteiger partial charge in [0, 0.05) is 17.0 Å². The zero-order valence-corrected chi connectivity index (χ0v) is 10.8. The SMILES string of the molecule is CCS(=O)(=O)C(CO)/C(=N/O)c1cccc(N)c1. The molecule has 0 spiro atoms. The van der Waals surface area contributed by atoms with Gasteiger partial charge in [0.25, 0.3) is 0 Å². The summed E-state index contributed by atoms with van der Waals surface area (Å²) in [4.78, 5) is 0. The molecule has 0 saturated carbocycles. The summed E-state index contributed by atoms with van der Waals surface area (Å²) in [5, 5.41) is 20.0. The van der Waals surface area contributed by atoms with Crippen LogP contribution in [0.4, 0.5) is 5.69 Å². The van der Waals surface area contributed by atoms with Crippen molar-refractivity contribution in [3.05, 3.63) is 29.8 Å². The third kappa shape index (κ3) is 2.99. The maximum atomic E-state index is 11.8. The van der Waals surface area contributed by atoms with Crippen LogP contribution >= 0.6 is 0 Å². The molecule has 4 N–H and O–H groups in total. The number of aliphatic hydroxyl groups excluding tert-OH is 1. The van der Waals surface area contributed by atoms with Crippen molar-refractivity contribution in [1.82, 2.24) is 0 Å². The first kappa shape index (κ1) is 14.5. The molecule has 0 bridgehead atoms. The minimum Gasteiger partial charge on any atom is -0.411 e. The monoisotopic (exact) mass is 272 g/mol. The molecule has 6 nitrogen and oxygen atoms in total. The van der Waals surface area contributed by atoms with E-state index in [0.717, 1.165) is 0 Å². The lowest BCUT2D eigenvalue weighted by molar-refractivity contribution is 0.296. The summed E-state index contributed by atoms with van der Waals surface area (Å²) in [6.07, 6.45) is 0. The molecule has 0 heterocycles. The number of aliphatic hydroxyl groups is 1.